The molecule has 314 valence electrons. The minimum atomic E-state index is -2.70. The molecular weight excluding hydrogens is 827 g/mol. The third-order valence-corrected chi connectivity index (χ3v) is 18.8. The van der Waals surface area contributed by atoms with E-state index in [0.29, 0.717) is 0 Å². The van der Waals surface area contributed by atoms with Gasteiger partial charge in [-0.2, -0.15) is 0 Å². The highest BCUT2D eigenvalue weighted by Crippen LogP contribution is 2.45. The Hall–Kier alpha value is -8.50. The summed E-state index contributed by atoms with van der Waals surface area (Å²) in [4.78, 5) is 2.34. The Kier molecular flexibility index (Phi) is 9.22. The van der Waals surface area contributed by atoms with E-state index in [9.17, 15) is 0 Å². The van der Waals surface area contributed by atoms with E-state index in [2.05, 4.69) is 266 Å². The van der Waals surface area contributed by atoms with Crippen LogP contribution in [0.4, 0.5) is 17.1 Å². The van der Waals surface area contributed by atoms with Crippen molar-refractivity contribution in [1.82, 2.24) is 0 Å². The van der Waals surface area contributed by atoms with Crippen molar-refractivity contribution in [1.29, 1.82) is 0 Å². The van der Waals surface area contributed by atoms with Crippen LogP contribution in [-0.4, -0.2) is 8.07 Å². The molecule has 11 aromatic carbocycles. The van der Waals surface area contributed by atoms with Gasteiger partial charge in [-0.25, -0.2) is 0 Å². The van der Waals surface area contributed by atoms with Gasteiger partial charge in [-0.15, -0.1) is 0 Å². The Bertz CT molecular complexity index is 3730. The molecule has 0 radical (unpaired) electrons. The van der Waals surface area contributed by atoms with Gasteiger partial charge in [0.1, 0.15) is 11.2 Å². The molecule has 0 aliphatic carbocycles. The van der Waals surface area contributed by atoms with Crippen molar-refractivity contribution in [3.63, 3.8) is 0 Å². The highest BCUT2D eigenvalue weighted by Gasteiger charge is 2.49. The molecular formula is C64H43NOSi. The maximum Gasteiger partial charge on any atom is 0.180 e. The Morgan fingerprint density at radius 2 is 0.746 bits per heavy atom. The van der Waals surface area contributed by atoms with Crippen molar-refractivity contribution in [2.24, 2.45) is 0 Å². The number of hydrogen-bond acceptors (Lipinski definition) is 2. The molecule has 0 atom stereocenters. The zero-order valence-corrected chi connectivity index (χ0v) is 37.7. The molecule has 1 aliphatic rings. The van der Waals surface area contributed by atoms with Crippen LogP contribution in [0.1, 0.15) is 0 Å². The predicted molar refractivity (Wildman–Crippen MR) is 285 cm³/mol. The smallest absolute Gasteiger partial charge is 0.180 e. The maximum atomic E-state index is 6.85. The van der Waals surface area contributed by atoms with Crippen LogP contribution in [0.5, 0.6) is 0 Å². The van der Waals surface area contributed by atoms with E-state index < -0.39 is 8.07 Å². The standard InChI is InChI=1S/C64H43NOSi/c1-5-18-44(19-6-1)53-26-13-14-27-54(53)45-32-38-49(39-33-45)65(48-20-7-2-8-21-48)50-40-34-46(35-41-50)55-29-17-30-57-62(55)64-58(66-57)42-36-47-37-43-60-63(61(47)64)56-28-15-16-31-59(56)67(60,51-22-9-3-10-23-51)52-24-11-4-12-25-52/h1-43H. The van der Waals surface area contributed by atoms with Gasteiger partial charge < -0.3 is 9.32 Å². The lowest BCUT2D eigenvalue weighted by molar-refractivity contribution is 0.669. The van der Waals surface area contributed by atoms with E-state index in [0.717, 1.165) is 44.7 Å². The van der Waals surface area contributed by atoms with E-state index in [1.165, 1.54) is 70.3 Å². The Balaban J connectivity index is 0.963. The number of rotatable bonds is 8. The molecule has 3 heteroatoms. The van der Waals surface area contributed by atoms with Gasteiger partial charge in [0.15, 0.2) is 8.07 Å². The highest BCUT2D eigenvalue weighted by atomic mass is 28.3. The van der Waals surface area contributed by atoms with Gasteiger partial charge >= 0.3 is 0 Å². The second kappa shape index (κ2) is 15.9. The van der Waals surface area contributed by atoms with Crippen LogP contribution in [0.2, 0.25) is 0 Å². The fourth-order valence-corrected chi connectivity index (χ4v) is 16.3. The van der Waals surface area contributed by atoms with Gasteiger partial charge in [0.2, 0.25) is 0 Å². The first-order valence-corrected chi connectivity index (χ1v) is 25.1. The van der Waals surface area contributed by atoms with Gasteiger partial charge in [0.05, 0.1) is 0 Å². The molecule has 1 aromatic heterocycles. The van der Waals surface area contributed by atoms with E-state index >= 15 is 0 Å². The summed E-state index contributed by atoms with van der Waals surface area (Å²) < 4.78 is 6.85. The summed E-state index contributed by atoms with van der Waals surface area (Å²) in [5.41, 5.74) is 14.8. The summed E-state index contributed by atoms with van der Waals surface area (Å²) in [5, 5.41) is 10.4. The predicted octanol–water partition coefficient (Wildman–Crippen LogP) is 14.6. The van der Waals surface area contributed by atoms with Gasteiger partial charge in [-0.1, -0.05) is 212 Å². The molecule has 1 aliphatic heterocycles. The van der Waals surface area contributed by atoms with Crippen LogP contribution < -0.4 is 25.6 Å². The quantitative estimate of drug-likeness (QED) is 0.141. The monoisotopic (exact) mass is 869 g/mol. The molecule has 0 amide bonds. The zero-order chi connectivity index (χ0) is 44.3. The summed E-state index contributed by atoms with van der Waals surface area (Å²) in [6.07, 6.45) is 0. The van der Waals surface area contributed by atoms with Crippen LogP contribution in [0.25, 0.3) is 77.2 Å². The molecule has 2 heterocycles. The van der Waals surface area contributed by atoms with Gasteiger partial charge in [-0.05, 0) is 119 Å². The molecule has 0 bridgehead atoms. The SMILES string of the molecule is c1ccc(-c2ccccc2-c2ccc(N(c3ccccc3)c3ccc(-c4cccc5oc6ccc7ccc8c(c7c6c45)-c4ccccc4[Si]8(c4ccccc4)c4ccccc4)cc3)cc2)cc1. The largest absolute Gasteiger partial charge is 0.456 e. The fraction of sp³-hybridized carbons (Fsp3) is 0. The lowest BCUT2D eigenvalue weighted by atomic mass is 9.92. The summed E-state index contributed by atoms with van der Waals surface area (Å²) in [6.45, 7) is 0. The molecule has 0 unspecified atom stereocenters. The number of para-hydroxylation sites is 1. The zero-order valence-electron chi connectivity index (χ0n) is 36.7. The van der Waals surface area contributed by atoms with Crippen LogP contribution in [-0.2, 0) is 0 Å². The second-order valence-corrected chi connectivity index (χ2v) is 21.2. The van der Waals surface area contributed by atoms with Gasteiger partial charge in [-0.3, -0.25) is 0 Å². The third kappa shape index (κ3) is 6.16. The molecule has 67 heavy (non-hydrogen) atoms. The first-order valence-electron chi connectivity index (χ1n) is 23.1. The molecule has 0 saturated carbocycles. The van der Waals surface area contributed by atoms with E-state index in [1.807, 2.05) is 0 Å². The molecule has 0 spiro atoms. The number of benzene rings is 11. The lowest BCUT2D eigenvalue weighted by Gasteiger charge is -2.31. The van der Waals surface area contributed by atoms with Crippen molar-refractivity contribution >= 4 is 78.6 Å². The van der Waals surface area contributed by atoms with Crippen molar-refractivity contribution in [3.05, 3.63) is 261 Å². The third-order valence-electron chi connectivity index (χ3n) is 14.0. The molecule has 0 N–H and O–H groups in total. The number of anilines is 3. The average molecular weight is 870 g/mol. The van der Waals surface area contributed by atoms with Crippen LogP contribution in [0.15, 0.2) is 265 Å². The maximum absolute atomic E-state index is 6.85. The molecule has 12 aromatic rings. The highest BCUT2D eigenvalue weighted by molar-refractivity contribution is 7.22. The number of fused-ring (bicyclic) bond motifs is 9. The Morgan fingerprint density at radius 3 is 1.37 bits per heavy atom. The molecule has 0 saturated heterocycles. The Labute approximate surface area is 391 Å². The number of nitrogens with zero attached hydrogens (tertiary/aromatic N) is 1. The summed E-state index contributed by atoms with van der Waals surface area (Å²) in [5.74, 6) is 0. The first kappa shape index (κ1) is 38.9. The van der Waals surface area contributed by atoms with Crippen LogP contribution in [0, 0.1) is 0 Å². The van der Waals surface area contributed by atoms with Gasteiger partial charge in [0.25, 0.3) is 0 Å². The molecule has 2 nitrogen and oxygen atoms in total. The lowest BCUT2D eigenvalue weighted by Crippen LogP contribution is -2.72. The van der Waals surface area contributed by atoms with Crippen molar-refractivity contribution in [3.8, 4) is 44.5 Å². The van der Waals surface area contributed by atoms with Crippen molar-refractivity contribution < 1.29 is 4.42 Å². The summed E-state index contributed by atoms with van der Waals surface area (Å²) >= 11 is 0. The van der Waals surface area contributed by atoms with Crippen LogP contribution in [0.3, 0.4) is 0 Å². The minimum Gasteiger partial charge on any atom is -0.456 e. The normalized spacial score (nSPS) is 12.6. The van der Waals surface area contributed by atoms with E-state index in [1.54, 1.807) is 0 Å². The van der Waals surface area contributed by atoms with Crippen molar-refractivity contribution in [2.45, 2.75) is 0 Å². The van der Waals surface area contributed by atoms with Gasteiger partial charge in [0, 0.05) is 33.2 Å². The topological polar surface area (TPSA) is 16.4 Å². The molecule has 13 rings (SSSR count). The fourth-order valence-electron chi connectivity index (χ4n) is 11.1. The van der Waals surface area contributed by atoms with E-state index in [4.69, 9.17) is 4.42 Å². The second-order valence-electron chi connectivity index (χ2n) is 17.5. The number of hydrogen-bond donors (Lipinski definition) is 0. The Morgan fingerprint density at radius 1 is 0.284 bits per heavy atom. The number of furan rings is 1. The summed E-state index contributed by atoms with van der Waals surface area (Å²) in [6, 6.07) is 95.4. The average Bonchev–Trinajstić information content (AvgIpc) is 3.95. The van der Waals surface area contributed by atoms with Crippen LogP contribution >= 0.6 is 0 Å². The summed E-state index contributed by atoms with van der Waals surface area (Å²) in [7, 11) is -2.70. The molecule has 0 fully saturated rings. The van der Waals surface area contributed by atoms with Crippen molar-refractivity contribution in [2.75, 3.05) is 4.90 Å². The minimum absolute atomic E-state index is 0.891. The van der Waals surface area contributed by atoms with E-state index in [-0.39, 0.29) is 0 Å². The first-order chi connectivity index (χ1) is 33.3.